The van der Waals surface area contributed by atoms with Gasteiger partial charge in [0.2, 0.25) is 0 Å². The van der Waals surface area contributed by atoms with Crippen LogP contribution in [0.5, 0.6) is 0 Å². The number of benzene rings is 1. The Morgan fingerprint density at radius 1 is 1.19 bits per heavy atom. The van der Waals surface area contributed by atoms with Crippen molar-refractivity contribution >= 4 is 5.69 Å². The highest BCUT2D eigenvalue weighted by atomic mass is 19.4. The van der Waals surface area contributed by atoms with E-state index in [9.17, 15) is 17.6 Å². The van der Waals surface area contributed by atoms with E-state index in [4.69, 9.17) is 4.74 Å². The average Bonchev–Trinajstić information content (AvgIpc) is 2.47. The molecule has 2 rings (SSSR count). The molecule has 1 N–H and O–H groups in total. The van der Waals surface area contributed by atoms with Gasteiger partial charge in [-0.15, -0.1) is 0 Å². The zero-order chi connectivity index (χ0) is 16.1. The van der Waals surface area contributed by atoms with Crippen molar-refractivity contribution in [3.63, 3.8) is 0 Å². The van der Waals surface area contributed by atoms with Gasteiger partial charge in [0.25, 0.3) is 0 Å². The lowest BCUT2D eigenvalue weighted by molar-refractivity contribution is -0.139. The Hall–Kier alpha value is -1.30. The van der Waals surface area contributed by atoms with Gasteiger partial charge in [0, 0.05) is 5.69 Å². The Morgan fingerprint density at radius 2 is 1.81 bits per heavy atom. The first kappa shape index (κ1) is 16.1. The molecular formula is C15H19F4NO. The maximum absolute atomic E-state index is 13.3. The molecule has 1 aliphatic rings. The highest BCUT2D eigenvalue weighted by molar-refractivity contribution is 5.48. The van der Waals surface area contributed by atoms with E-state index in [1.165, 1.54) is 6.07 Å². The summed E-state index contributed by atoms with van der Waals surface area (Å²) in [6.45, 7) is 7.63. The zero-order valence-electron chi connectivity index (χ0n) is 12.4. The first-order valence-corrected chi connectivity index (χ1v) is 6.74. The average molecular weight is 305 g/mol. The van der Waals surface area contributed by atoms with Crippen molar-refractivity contribution in [3.8, 4) is 0 Å². The third-order valence-electron chi connectivity index (χ3n) is 3.69. The fraction of sp³-hybridized carbons (Fsp3) is 0.600. The molecule has 0 bridgehead atoms. The maximum atomic E-state index is 13.3. The van der Waals surface area contributed by atoms with Crippen molar-refractivity contribution < 1.29 is 22.3 Å². The molecule has 1 saturated heterocycles. The van der Waals surface area contributed by atoms with Crippen LogP contribution in [0.4, 0.5) is 23.2 Å². The van der Waals surface area contributed by atoms with E-state index in [0.717, 1.165) is 12.1 Å². The summed E-state index contributed by atoms with van der Waals surface area (Å²) in [7, 11) is 0. The molecular weight excluding hydrogens is 286 g/mol. The van der Waals surface area contributed by atoms with Crippen molar-refractivity contribution in [2.45, 2.75) is 57.5 Å². The van der Waals surface area contributed by atoms with Crippen LogP contribution in [-0.2, 0) is 10.9 Å². The smallest absolute Gasteiger partial charge is 0.379 e. The summed E-state index contributed by atoms with van der Waals surface area (Å²) in [6.07, 6.45) is -4.05. The van der Waals surface area contributed by atoms with Crippen molar-refractivity contribution in [3.05, 3.63) is 29.6 Å². The number of hydrogen-bond acceptors (Lipinski definition) is 2. The molecule has 1 heterocycles. The second-order valence-electron chi connectivity index (χ2n) is 6.56. The molecule has 21 heavy (non-hydrogen) atoms. The van der Waals surface area contributed by atoms with Crippen LogP contribution in [0.1, 0.15) is 39.7 Å². The highest BCUT2D eigenvalue weighted by Gasteiger charge is 2.46. The van der Waals surface area contributed by atoms with Crippen LogP contribution in [0.3, 0.4) is 0 Å². The van der Waals surface area contributed by atoms with E-state index in [1.807, 2.05) is 27.7 Å². The van der Waals surface area contributed by atoms with Gasteiger partial charge in [-0.25, -0.2) is 4.39 Å². The number of rotatable bonds is 2. The topological polar surface area (TPSA) is 21.3 Å². The second kappa shape index (κ2) is 4.87. The van der Waals surface area contributed by atoms with Gasteiger partial charge in [0.15, 0.2) is 0 Å². The molecule has 6 heteroatoms. The summed E-state index contributed by atoms with van der Waals surface area (Å²) in [5.74, 6) is -1.27. The van der Waals surface area contributed by atoms with Crippen molar-refractivity contribution in [2.75, 3.05) is 5.32 Å². The molecule has 1 fully saturated rings. The number of alkyl halides is 3. The maximum Gasteiger partial charge on any atom is 0.419 e. The van der Waals surface area contributed by atoms with Gasteiger partial charge in [-0.3, -0.25) is 0 Å². The Labute approximate surface area is 121 Å². The summed E-state index contributed by atoms with van der Waals surface area (Å²) in [5.41, 5.74) is -1.89. The van der Waals surface area contributed by atoms with Crippen molar-refractivity contribution in [1.29, 1.82) is 0 Å². The van der Waals surface area contributed by atoms with Gasteiger partial charge in [-0.2, -0.15) is 13.2 Å². The molecule has 118 valence electrons. The van der Waals surface area contributed by atoms with Crippen LogP contribution in [0, 0.1) is 5.82 Å². The molecule has 1 aromatic carbocycles. The van der Waals surface area contributed by atoms with E-state index < -0.39 is 23.2 Å². The third-order valence-corrected chi connectivity index (χ3v) is 3.69. The minimum atomic E-state index is -4.71. The van der Waals surface area contributed by atoms with Gasteiger partial charge in [-0.1, -0.05) is 0 Å². The normalized spacial score (nSPS) is 24.1. The fourth-order valence-electron chi connectivity index (χ4n) is 2.82. The van der Waals surface area contributed by atoms with Crippen LogP contribution in [0.25, 0.3) is 0 Å². The van der Waals surface area contributed by atoms with Crippen LogP contribution in [0.15, 0.2) is 18.2 Å². The Bertz CT molecular complexity index is 537. The largest absolute Gasteiger partial charge is 0.419 e. The predicted molar refractivity (Wildman–Crippen MR) is 72.7 cm³/mol. The van der Waals surface area contributed by atoms with Crippen LogP contribution >= 0.6 is 0 Å². The van der Waals surface area contributed by atoms with E-state index >= 15 is 0 Å². The van der Waals surface area contributed by atoms with Crippen LogP contribution in [0.2, 0.25) is 0 Å². The molecule has 2 nitrogen and oxygen atoms in total. The third kappa shape index (κ3) is 3.48. The number of halogens is 4. The monoisotopic (exact) mass is 305 g/mol. The van der Waals surface area contributed by atoms with E-state index in [0.29, 0.717) is 6.42 Å². The molecule has 1 aromatic rings. The summed E-state index contributed by atoms with van der Waals surface area (Å²) in [6, 6.07) is 2.79. The molecule has 1 atom stereocenters. The first-order chi connectivity index (χ1) is 9.41. The second-order valence-corrected chi connectivity index (χ2v) is 6.56. The Balaban J connectivity index is 2.25. The molecule has 1 unspecified atom stereocenters. The van der Waals surface area contributed by atoms with Crippen LogP contribution < -0.4 is 5.32 Å². The van der Waals surface area contributed by atoms with Crippen LogP contribution in [-0.4, -0.2) is 17.2 Å². The number of anilines is 1. The van der Waals surface area contributed by atoms with Crippen molar-refractivity contribution in [2.24, 2.45) is 0 Å². The zero-order valence-corrected chi connectivity index (χ0v) is 12.4. The fourth-order valence-corrected chi connectivity index (χ4v) is 2.82. The summed E-state index contributed by atoms with van der Waals surface area (Å²) < 4.78 is 57.3. The lowest BCUT2D eigenvalue weighted by atomic mass is 9.94. The molecule has 0 radical (unpaired) electrons. The quantitative estimate of drug-likeness (QED) is 0.806. The van der Waals surface area contributed by atoms with Gasteiger partial charge >= 0.3 is 6.18 Å². The predicted octanol–water partition coefficient (Wildman–Crippen LogP) is 4.60. The molecule has 0 spiro atoms. The summed E-state index contributed by atoms with van der Waals surface area (Å²) >= 11 is 0. The summed E-state index contributed by atoms with van der Waals surface area (Å²) in [4.78, 5) is 0. The first-order valence-electron chi connectivity index (χ1n) is 6.74. The molecule has 0 aliphatic carbocycles. The molecule has 0 saturated carbocycles. The van der Waals surface area contributed by atoms with E-state index in [-0.39, 0.29) is 17.3 Å². The van der Waals surface area contributed by atoms with Gasteiger partial charge < -0.3 is 10.1 Å². The minimum absolute atomic E-state index is 0.154. The molecule has 0 amide bonds. The number of ether oxygens (including phenoxy) is 1. The van der Waals surface area contributed by atoms with Crippen molar-refractivity contribution in [1.82, 2.24) is 0 Å². The van der Waals surface area contributed by atoms with Gasteiger partial charge in [0.05, 0.1) is 22.8 Å². The highest BCUT2D eigenvalue weighted by Crippen LogP contribution is 2.39. The number of nitrogens with one attached hydrogen (secondary N) is 1. The van der Waals surface area contributed by atoms with Gasteiger partial charge in [-0.05, 0) is 52.3 Å². The molecule has 1 aliphatic heterocycles. The number of hydrogen-bond donors (Lipinski definition) is 1. The van der Waals surface area contributed by atoms with E-state index in [1.54, 1.807) is 0 Å². The summed E-state index contributed by atoms with van der Waals surface area (Å²) in [5, 5.41) is 3.03. The van der Waals surface area contributed by atoms with E-state index in [2.05, 4.69) is 5.32 Å². The lowest BCUT2D eigenvalue weighted by Crippen LogP contribution is -2.38. The Kier molecular flexibility index (Phi) is 3.72. The van der Waals surface area contributed by atoms with Gasteiger partial charge in [0.1, 0.15) is 5.82 Å². The molecule has 0 aromatic heterocycles. The lowest BCUT2D eigenvalue weighted by Gasteiger charge is -2.28. The minimum Gasteiger partial charge on any atom is -0.379 e. The SMILES string of the molecule is CC1(C)CC(Nc2ccc(F)c(C(F)(F)F)c2)C(C)(C)O1. The Morgan fingerprint density at radius 3 is 2.29 bits per heavy atom. The standard InChI is InChI=1S/C15H19F4NO/c1-13(2)8-12(14(3,4)21-13)20-9-5-6-11(16)10(7-9)15(17,18)19/h5-7,12,20H,8H2,1-4H3.